The molecular formula is C14H21NO6S. The van der Waals surface area contributed by atoms with E-state index in [4.69, 9.17) is 10.1 Å². The second kappa shape index (κ2) is 8.40. The van der Waals surface area contributed by atoms with Crippen molar-refractivity contribution >= 4 is 23.4 Å². The van der Waals surface area contributed by atoms with E-state index in [0.29, 0.717) is 18.8 Å². The molecule has 8 heteroatoms. The summed E-state index contributed by atoms with van der Waals surface area (Å²) >= 11 is 1.89. The Morgan fingerprint density at radius 2 is 2.23 bits per heavy atom. The lowest BCUT2D eigenvalue weighted by Gasteiger charge is -2.32. The summed E-state index contributed by atoms with van der Waals surface area (Å²) in [5.41, 5.74) is -0.0813. The molecule has 1 fully saturated rings. The van der Waals surface area contributed by atoms with Gasteiger partial charge in [-0.15, -0.1) is 0 Å². The highest BCUT2D eigenvalue weighted by atomic mass is 32.2. The van der Waals surface area contributed by atoms with Crippen LogP contribution in [-0.4, -0.2) is 40.2 Å². The lowest BCUT2D eigenvalue weighted by atomic mass is 9.78. The zero-order valence-electron chi connectivity index (χ0n) is 12.5. The van der Waals surface area contributed by atoms with Crippen molar-refractivity contribution in [2.45, 2.75) is 32.6 Å². The summed E-state index contributed by atoms with van der Waals surface area (Å²) in [6.45, 7) is 1.96. The van der Waals surface area contributed by atoms with E-state index < -0.39 is 0 Å². The lowest BCUT2D eigenvalue weighted by Crippen LogP contribution is -2.31. The molecule has 1 aliphatic carbocycles. The molecule has 2 atom stereocenters. The molecule has 1 saturated heterocycles. The Balaban J connectivity index is 2.15. The number of ketones is 1. The molecule has 1 aliphatic heterocycles. The van der Waals surface area contributed by atoms with E-state index in [-0.39, 0.29) is 35.5 Å². The number of nitrogens with zero attached hydrogens (tertiary/aromatic N) is 1. The minimum atomic E-state index is -0.358. The molecule has 0 amide bonds. The van der Waals surface area contributed by atoms with Crippen LogP contribution in [0.15, 0.2) is 16.5 Å². The minimum Gasteiger partial charge on any atom is -0.511 e. The maximum absolute atomic E-state index is 12.4. The molecule has 0 saturated carbocycles. The molecule has 0 spiro atoms. The summed E-state index contributed by atoms with van der Waals surface area (Å²) in [5, 5.41) is 25.8. The predicted octanol–water partition coefficient (Wildman–Crippen LogP) is 2.69. The lowest BCUT2D eigenvalue weighted by molar-refractivity contribution is -0.450. The van der Waals surface area contributed by atoms with Gasteiger partial charge in [0.05, 0.1) is 0 Å². The zero-order valence-corrected chi connectivity index (χ0v) is 13.3. The summed E-state index contributed by atoms with van der Waals surface area (Å²) in [5.74, 6) is 2.03. The Morgan fingerprint density at radius 1 is 1.41 bits per heavy atom. The Morgan fingerprint density at radius 3 is 2.82 bits per heavy atom. The van der Waals surface area contributed by atoms with Gasteiger partial charge in [-0.05, 0) is 53.3 Å². The average Bonchev–Trinajstić information content (AvgIpc) is 2.52. The van der Waals surface area contributed by atoms with Crippen LogP contribution in [0.5, 0.6) is 0 Å². The monoisotopic (exact) mass is 331 g/mol. The molecule has 124 valence electrons. The number of thioether (sulfide) groups is 1. The largest absolute Gasteiger partial charge is 0.511 e. The van der Waals surface area contributed by atoms with Crippen molar-refractivity contribution in [1.82, 2.24) is 0 Å². The fourth-order valence-electron chi connectivity index (χ4n) is 2.90. The summed E-state index contributed by atoms with van der Waals surface area (Å²) in [4.78, 5) is 21.6. The summed E-state index contributed by atoms with van der Waals surface area (Å²) in [7, 11) is 0. The number of hydrogen-bond acceptors (Lipinski definition) is 8. The number of aliphatic hydroxyl groups excluding tert-OH is 1. The number of carbonyl (C=O) groups is 1. The molecule has 0 radical (unpaired) electrons. The molecule has 2 aliphatic rings. The van der Waals surface area contributed by atoms with Crippen molar-refractivity contribution in [3.8, 4) is 0 Å². The summed E-state index contributed by atoms with van der Waals surface area (Å²) < 4.78 is 0. The molecular weight excluding hydrogens is 310 g/mol. The highest BCUT2D eigenvalue weighted by molar-refractivity contribution is 7.99. The van der Waals surface area contributed by atoms with Gasteiger partial charge in [0.1, 0.15) is 17.9 Å². The Labute approximate surface area is 133 Å². The summed E-state index contributed by atoms with van der Waals surface area (Å²) in [6.07, 6.45) is 2.95. The van der Waals surface area contributed by atoms with Gasteiger partial charge in [0, 0.05) is 12.8 Å². The number of carbonyl (C=O) groups excluding carboxylic acids is 1. The third kappa shape index (κ3) is 4.15. The average molecular weight is 331 g/mol. The topological polar surface area (TPSA) is 97.6 Å². The smallest absolute Gasteiger partial charge is 0.308 e. The maximum Gasteiger partial charge on any atom is 0.308 e. The van der Waals surface area contributed by atoms with Crippen molar-refractivity contribution in [3.63, 3.8) is 0 Å². The Kier molecular flexibility index (Phi) is 6.53. The highest BCUT2D eigenvalue weighted by Crippen LogP contribution is 2.37. The van der Waals surface area contributed by atoms with Crippen LogP contribution in [0.4, 0.5) is 0 Å². The first kappa shape index (κ1) is 17.1. The first-order valence-electron chi connectivity index (χ1n) is 7.38. The van der Waals surface area contributed by atoms with Gasteiger partial charge in [0.2, 0.25) is 0 Å². The molecule has 0 aromatic rings. The Bertz CT molecular complexity index is 458. The zero-order chi connectivity index (χ0) is 15.9. The Hall–Kier alpha value is -1.25. The second-order valence-corrected chi connectivity index (χ2v) is 6.51. The number of oxime groups is 1. The van der Waals surface area contributed by atoms with Crippen LogP contribution in [0.2, 0.25) is 0 Å². The first-order chi connectivity index (χ1) is 10.7. The number of Topliss-reactive ketones (excluding diaryl/α,β-unsaturated/α-hetero) is 1. The first-order valence-corrected chi connectivity index (χ1v) is 8.54. The second-order valence-electron chi connectivity index (χ2n) is 5.36. The highest BCUT2D eigenvalue weighted by Gasteiger charge is 2.36. The fourth-order valence-corrected chi connectivity index (χ4v) is 4.18. The third-order valence-electron chi connectivity index (χ3n) is 3.94. The number of allylic oxidation sites excluding steroid dienone is 1. The van der Waals surface area contributed by atoms with Gasteiger partial charge in [-0.3, -0.25) is 9.68 Å². The van der Waals surface area contributed by atoms with Crippen LogP contribution in [0.3, 0.4) is 0 Å². The molecule has 7 nitrogen and oxygen atoms in total. The van der Waals surface area contributed by atoms with Gasteiger partial charge in [0.25, 0.3) is 0 Å². The minimum absolute atomic E-state index is 0.0813. The molecule has 2 unspecified atom stereocenters. The van der Waals surface area contributed by atoms with Gasteiger partial charge < -0.3 is 9.94 Å². The molecule has 2 rings (SSSR count). The van der Waals surface area contributed by atoms with Crippen molar-refractivity contribution < 1.29 is 29.9 Å². The van der Waals surface area contributed by atoms with E-state index in [1.54, 1.807) is 6.92 Å². The van der Waals surface area contributed by atoms with E-state index in [2.05, 4.69) is 15.1 Å². The number of hydrogen-bond donors (Lipinski definition) is 2. The van der Waals surface area contributed by atoms with Crippen molar-refractivity contribution in [3.05, 3.63) is 11.3 Å². The van der Waals surface area contributed by atoms with E-state index in [9.17, 15) is 9.90 Å². The van der Waals surface area contributed by atoms with Crippen LogP contribution < -0.4 is 0 Å². The van der Waals surface area contributed by atoms with Gasteiger partial charge in [-0.2, -0.15) is 11.8 Å². The molecule has 2 N–H and O–H groups in total. The van der Waals surface area contributed by atoms with Gasteiger partial charge in [0.15, 0.2) is 5.78 Å². The van der Waals surface area contributed by atoms with Gasteiger partial charge in [-0.25, -0.2) is 5.26 Å². The molecule has 22 heavy (non-hydrogen) atoms. The standard InChI is InChI=1S/C14H21NO6S/c1-2-19-15-14(20-21-18)13-11(16)6-10(7-12(13)17)9-4-3-5-22-8-9/h9-10,16,18H,2-8H2,1H3/b15-14+. The third-order valence-corrected chi connectivity index (χ3v) is 5.18. The molecule has 0 aromatic carbocycles. The van der Waals surface area contributed by atoms with Crippen LogP contribution in [0.25, 0.3) is 0 Å². The number of aliphatic hydroxyl groups is 1. The van der Waals surface area contributed by atoms with E-state index in [1.807, 2.05) is 11.8 Å². The van der Waals surface area contributed by atoms with Crippen LogP contribution in [0.1, 0.15) is 32.6 Å². The summed E-state index contributed by atoms with van der Waals surface area (Å²) in [6, 6.07) is 0. The van der Waals surface area contributed by atoms with Crippen LogP contribution in [0, 0.1) is 11.8 Å². The molecule has 1 heterocycles. The molecule has 0 bridgehead atoms. The van der Waals surface area contributed by atoms with Crippen LogP contribution >= 0.6 is 11.8 Å². The van der Waals surface area contributed by atoms with Crippen molar-refractivity contribution in [1.29, 1.82) is 0 Å². The van der Waals surface area contributed by atoms with Gasteiger partial charge in [-0.1, -0.05) is 0 Å². The SMILES string of the molecule is CCO/N=C(/OOO)C1=C(O)CC(C2CCCSC2)CC1=O. The van der Waals surface area contributed by atoms with E-state index >= 15 is 0 Å². The normalized spacial score (nSPS) is 27.0. The van der Waals surface area contributed by atoms with Crippen molar-refractivity contribution in [2.75, 3.05) is 18.1 Å². The maximum atomic E-state index is 12.4. The fraction of sp³-hybridized carbons (Fsp3) is 0.714. The predicted molar refractivity (Wildman–Crippen MR) is 81.3 cm³/mol. The quantitative estimate of drug-likeness (QED) is 0.346. The van der Waals surface area contributed by atoms with Crippen LogP contribution in [-0.2, 0) is 19.6 Å². The van der Waals surface area contributed by atoms with Crippen molar-refractivity contribution in [2.24, 2.45) is 17.0 Å². The van der Waals surface area contributed by atoms with Gasteiger partial charge >= 0.3 is 5.90 Å². The molecule has 0 aromatic heterocycles. The van der Waals surface area contributed by atoms with E-state index in [1.165, 1.54) is 0 Å². The van der Waals surface area contributed by atoms with E-state index in [0.717, 1.165) is 24.3 Å². The number of rotatable bonds is 5.